The van der Waals surface area contributed by atoms with Crippen molar-refractivity contribution in [1.82, 2.24) is 29.0 Å². The molecule has 1 aliphatic heterocycles. The van der Waals surface area contributed by atoms with Crippen molar-refractivity contribution in [2.24, 2.45) is 0 Å². The second-order valence-corrected chi connectivity index (χ2v) is 13.6. The molecule has 0 bridgehead atoms. The van der Waals surface area contributed by atoms with Gasteiger partial charge in [0.25, 0.3) is 5.56 Å². The molecule has 1 N–H and O–H groups in total. The monoisotopic (exact) mass is 689 g/mol. The summed E-state index contributed by atoms with van der Waals surface area (Å²) in [6.07, 6.45) is 7.22. The summed E-state index contributed by atoms with van der Waals surface area (Å²) in [6, 6.07) is 11.8. The van der Waals surface area contributed by atoms with Crippen LogP contribution in [-0.4, -0.2) is 65.4 Å². The number of hydrogen-bond donors (Lipinski definition) is 1. The zero-order chi connectivity index (χ0) is 33.8. The Labute approximate surface area is 289 Å². The lowest BCUT2D eigenvalue weighted by atomic mass is 10.00. The number of piperidine rings is 1. The number of nitrogens with zero attached hydrogens (tertiary/aromatic N) is 7. The van der Waals surface area contributed by atoms with E-state index in [0.29, 0.717) is 49.3 Å². The molecule has 5 aromatic heterocycles. The summed E-state index contributed by atoms with van der Waals surface area (Å²) in [7, 11) is 0. The molecule has 6 heterocycles. The minimum atomic E-state index is -1.05. The average molecular weight is 690 g/mol. The van der Waals surface area contributed by atoms with Gasteiger partial charge in [0.1, 0.15) is 23.4 Å². The zero-order valence-corrected chi connectivity index (χ0v) is 27.9. The maximum atomic E-state index is 14.2. The lowest BCUT2D eigenvalue weighted by Crippen LogP contribution is -2.39. The number of likely N-dealkylation sites (tertiary alicyclic amines) is 1. The zero-order valence-electron chi connectivity index (χ0n) is 26.3. The number of benzene rings is 1. The van der Waals surface area contributed by atoms with Gasteiger partial charge in [0.15, 0.2) is 0 Å². The molecule has 49 heavy (non-hydrogen) atoms. The van der Waals surface area contributed by atoms with E-state index in [1.165, 1.54) is 28.7 Å². The van der Waals surface area contributed by atoms with E-state index in [1.807, 2.05) is 6.92 Å². The summed E-state index contributed by atoms with van der Waals surface area (Å²) in [5, 5.41) is 26.8. The van der Waals surface area contributed by atoms with E-state index in [4.69, 9.17) is 16.3 Å². The number of hydrogen-bond acceptors (Lipinski definition) is 9. The largest absolute Gasteiger partial charge is 0.478 e. The third-order valence-electron chi connectivity index (χ3n) is 9.15. The number of fused-ring (bicyclic) bond motifs is 4. The van der Waals surface area contributed by atoms with E-state index < -0.39 is 11.5 Å². The fraction of sp³-hybridized carbons (Fsp3) is 0.278. The van der Waals surface area contributed by atoms with Crippen LogP contribution in [0.3, 0.4) is 0 Å². The number of pyridine rings is 2. The molecule has 0 atom stereocenters. The van der Waals surface area contributed by atoms with Gasteiger partial charge in [-0.1, -0.05) is 23.4 Å². The first-order chi connectivity index (χ1) is 23.8. The number of nitriles is 1. The van der Waals surface area contributed by atoms with Crippen molar-refractivity contribution >= 4 is 55.7 Å². The molecule has 1 aliphatic carbocycles. The molecule has 0 unspecified atom stereocenters. The Morgan fingerprint density at radius 3 is 2.71 bits per heavy atom. The number of halogens is 1. The van der Waals surface area contributed by atoms with Crippen molar-refractivity contribution in [2.45, 2.75) is 51.3 Å². The Bertz CT molecular complexity index is 2490. The number of aryl methyl sites for hydroxylation is 1. The summed E-state index contributed by atoms with van der Waals surface area (Å²) >= 11 is 7.71. The number of thiophene rings is 1. The number of carboxylic acid groups (broad SMARTS) is 1. The minimum absolute atomic E-state index is 0.00238. The summed E-state index contributed by atoms with van der Waals surface area (Å²) in [4.78, 5) is 37.3. The third kappa shape index (κ3) is 5.58. The van der Waals surface area contributed by atoms with Crippen molar-refractivity contribution in [3.8, 4) is 34.9 Å². The van der Waals surface area contributed by atoms with Crippen molar-refractivity contribution in [1.29, 1.82) is 5.26 Å². The average Bonchev–Trinajstić information content (AvgIpc) is 3.73. The highest BCUT2D eigenvalue weighted by atomic mass is 35.5. The first-order valence-electron chi connectivity index (χ1n) is 15.9. The topological polar surface area (TPSA) is 139 Å². The van der Waals surface area contributed by atoms with Crippen molar-refractivity contribution in [3.63, 3.8) is 0 Å². The molecule has 1 saturated heterocycles. The Morgan fingerprint density at radius 1 is 1.14 bits per heavy atom. The van der Waals surface area contributed by atoms with Crippen molar-refractivity contribution in [2.75, 3.05) is 13.1 Å². The highest BCUT2D eigenvalue weighted by Gasteiger charge is 2.33. The standard InChI is InChI=1S/C36H28ClN7O4S/c1-20-15-30-43(12-2-3-21-4-5-22(37)16-26(21)25-8-11-39-32-28(36(46)47)19-49-33(25)32)35(45)31-27(17-38)34(40-18-29(31)44(30)41-20)48-24-9-13-42(14-10-24)23-6-7-23/h4-5,8,11,15-16,18-19,23-24H,6-7,9-10,12-14H2,1H3,(H,46,47). The van der Waals surface area contributed by atoms with Crippen molar-refractivity contribution in [3.05, 3.63) is 85.9 Å². The van der Waals surface area contributed by atoms with Crippen LogP contribution in [0.1, 0.15) is 52.9 Å². The van der Waals surface area contributed by atoms with Gasteiger partial charge in [-0.05, 0) is 56.9 Å². The summed E-state index contributed by atoms with van der Waals surface area (Å²) in [5.74, 6) is 5.46. The first kappa shape index (κ1) is 31.0. The molecule has 8 rings (SSSR count). The molecule has 0 amide bonds. The molecule has 1 saturated carbocycles. The van der Waals surface area contributed by atoms with Crippen LogP contribution in [0.25, 0.3) is 37.9 Å². The lowest BCUT2D eigenvalue weighted by molar-refractivity contribution is 0.0699. The predicted molar refractivity (Wildman–Crippen MR) is 186 cm³/mol. The maximum Gasteiger partial charge on any atom is 0.338 e. The summed E-state index contributed by atoms with van der Waals surface area (Å²) < 4.78 is 10.1. The number of aromatic nitrogens is 5. The van der Waals surface area contributed by atoms with Crippen LogP contribution < -0.4 is 10.3 Å². The highest BCUT2D eigenvalue weighted by Crippen LogP contribution is 2.37. The van der Waals surface area contributed by atoms with Gasteiger partial charge >= 0.3 is 5.97 Å². The van der Waals surface area contributed by atoms with E-state index in [2.05, 4.69) is 37.9 Å². The Kier molecular flexibility index (Phi) is 7.80. The predicted octanol–water partition coefficient (Wildman–Crippen LogP) is 5.91. The van der Waals surface area contributed by atoms with Crippen LogP contribution in [0.5, 0.6) is 5.88 Å². The van der Waals surface area contributed by atoms with E-state index >= 15 is 0 Å². The van der Waals surface area contributed by atoms with Crippen LogP contribution in [0.4, 0.5) is 0 Å². The smallest absolute Gasteiger partial charge is 0.338 e. The van der Waals surface area contributed by atoms with Gasteiger partial charge in [-0.25, -0.2) is 14.3 Å². The SMILES string of the molecule is Cc1cc2n(CC#Cc3ccc(Cl)cc3-c3ccnc4c(C(=O)O)csc34)c(=O)c3c(C#N)c(OC4CCN(C5CC5)CC4)ncc3n2n1. The first-order valence-corrected chi connectivity index (χ1v) is 17.2. The van der Waals surface area contributed by atoms with Gasteiger partial charge in [0.2, 0.25) is 5.88 Å². The number of rotatable bonds is 6. The van der Waals surface area contributed by atoms with Gasteiger partial charge in [-0.15, -0.1) is 11.3 Å². The van der Waals surface area contributed by atoms with E-state index in [-0.39, 0.29) is 35.0 Å². The molecular formula is C36H28ClN7O4S. The number of carboxylic acids is 1. The lowest BCUT2D eigenvalue weighted by Gasteiger charge is -2.32. The number of aromatic carboxylic acids is 1. The van der Waals surface area contributed by atoms with Crippen LogP contribution in [0.15, 0.2) is 52.9 Å². The number of carbonyl (C=O) groups is 1. The van der Waals surface area contributed by atoms with Gasteiger partial charge < -0.3 is 14.7 Å². The Morgan fingerprint density at radius 2 is 1.96 bits per heavy atom. The summed E-state index contributed by atoms with van der Waals surface area (Å²) in [5.41, 5.74) is 3.95. The fourth-order valence-corrected chi connectivity index (χ4v) is 7.82. The van der Waals surface area contributed by atoms with Crippen molar-refractivity contribution < 1.29 is 14.6 Å². The second-order valence-electron chi connectivity index (χ2n) is 12.3. The molecule has 2 aliphatic rings. The quantitative estimate of drug-likeness (QED) is 0.212. The van der Waals surface area contributed by atoms with Crippen LogP contribution in [0, 0.1) is 30.1 Å². The van der Waals surface area contributed by atoms with Gasteiger partial charge in [-0.2, -0.15) is 10.4 Å². The van der Waals surface area contributed by atoms with E-state index in [0.717, 1.165) is 31.5 Å². The molecule has 11 nitrogen and oxygen atoms in total. The third-order valence-corrected chi connectivity index (χ3v) is 10.4. The maximum absolute atomic E-state index is 14.2. The molecule has 1 aromatic carbocycles. The highest BCUT2D eigenvalue weighted by molar-refractivity contribution is 7.18. The molecule has 0 radical (unpaired) electrons. The molecule has 244 valence electrons. The number of ether oxygens (including phenoxy) is 1. The second kappa shape index (κ2) is 12.3. The Balaban J connectivity index is 1.18. The molecule has 2 fully saturated rings. The minimum Gasteiger partial charge on any atom is -0.478 e. The van der Waals surface area contributed by atoms with E-state index in [9.17, 15) is 20.0 Å². The summed E-state index contributed by atoms with van der Waals surface area (Å²) in [6.45, 7) is 3.73. The van der Waals surface area contributed by atoms with Crippen LogP contribution in [0.2, 0.25) is 5.02 Å². The molecule has 0 spiro atoms. The van der Waals surface area contributed by atoms with Crippen LogP contribution >= 0.6 is 22.9 Å². The van der Waals surface area contributed by atoms with Gasteiger partial charge in [-0.3, -0.25) is 14.3 Å². The van der Waals surface area contributed by atoms with Crippen LogP contribution in [-0.2, 0) is 6.54 Å². The molecular weight excluding hydrogens is 662 g/mol. The molecule has 6 aromatic rings. The van der Waals surface area contributed by atoms with Gasteiger partial charge in [0, 0.05) is 58.5 Å². The van der Waals surface area contributed by atoms with Gasteiger partial charge in [0.05, 0.1) is 45.1 Å². The normalized spacial score (nSPS) is 15.4. The van der Waals surface area contributed by atoms with E-state index in [1.54, 1.807) is 52.6 Å². The Hall–Kier alpha value is -5.27. The molecule has 13 heteroatoms. The fourth-order valence-electron chi connectivity index (χ4n) is 6.62.